The average Bonchev–Trinajstić information content (AvgIpc) is 2.45. The minimum Gasteiger partial charge on any atom is -0.495 e. The van der Waals surface area contributed by atoms with Crippen LogP contribution in [0.2, 0.25) is 5.02 Å². The zero-order valence-electron chi connectivity index (χ0n) is 11.3. The predicted molar refractivity (Wildman–Crippen MR) is 75.2 cm³/mol. The summed E-state index contributed by atoms with van der Waals surface area (Å²) in [5.74, 6) is -0.797. The van der Waals surface area contributed by atoms with Gasteiger partial charge in [0.25, 0.3) is 0 Å². The van der Waals surface area contributed by atoms with Crippen LogP contribution >= 0.6 is 11.6 Å². The first kappa shape index (κ1) is 16.9. The highest BCUT2D eigenvalue weighted by Crippen LogP contribution is 2.35. The van der Waals surface area contributed by atoms with Gasteiger partial charge in [-0.1, -0.05) is 11.6 Å². The van der Waals surface area contributed by atoms with Gasteiger partial charge in [-0.05, 0) is 0 Å². The van der Waals surface area contributed by atoms with Gasteiger partial charge in [0, 0.05) is 12.1 Å². The van der Waals surface area contributed by atoms with Gasteiger partial charge < -0.3 is 30.3 Å². The van der Waals surface area contributed by atoms with Crippen molar-refractivity contribution in [1.82, 2.24) is 5.32 Å². The number of hydrogen-bond donors (Lipinski definition) is 4. The summed E-state index contributed by atoms with van der Waals surface area (Å²) in [7, 11) is 2.82. The molecule has 0 fully saturated rings. The largest absolute Gasteiger partial charge is 0.495 e. The normalized spacial score (nSPS) is 11.4. The van der Waals surface area contributed by atoms with Crippen LogP contribution in [-0.4, -0.2) is 49.1 Å². The fraction of sp³-hybridized carbons (Fsp3) is 0.333. The molecule has 0 bridgehead atoms. The molecule has 0 aromatic heterocycles. The second-order valence-corrected chi connectivity index (χ2v) is 4.28. The molecule has 0 heterocycles. The van der Waals surface area contributed by atoms with E-state index in [9.17, 15) is 9.59 Å². The number of carboxylic acid groups (broad SMARTS) is 1. The van der Waals surface area contributed by atoms with Crippen molar-refractivity contribution in [3.05, 3.63) is 17.2 Å². The Hall–Kier alpha value is -2.19. The molecule has 21 heavy (non-hydrogen) atoms. The fourth-order valence-electron chi connectivity index (χ4n) is 1.40. The lowest BCUT2D eigenvalue weighted by Crippen LogP contribution is -2.38. The number of anilines is 1. The van der Waals surface area contributed by atoms with E-state index in [1.54, 1.807) is 0 Å². The number of rotatable bonds is 6. The molecule has 116 valence electrons. The second-order valence-electron chi connectivity index (χ2n) is 3.88. The van der Waals surface area contributed by atoms with Crippen LogP contribution in [0.5, 0.6) is 11.5 Å². The summed E-state index contributed by atoms with van der Waals surface area (Å²) in [6.07, 6.45) is -1.68. The molecular formula is C12H15ClN2O6. The van der Waals surface area contributed by atoms with Crippen LogP contribution in [0.1, 0.15) is 0 Å². The quantitative estimate of drug-likeness (QED) is 0.619. The smallest absolute Gasteiger partial charge is 0.334 e. The van der Waals surface area contributed by atoms with Crippen molar-refractivity contribution < 1.29 is 29.3 Å². The Morgan fingerprint density at radius 1 is 1.29 bits per heavy atom. The van der Waals surface area contributed by atoms with Crippen molar-refractivity contribution in [2.45, 2.75) is 6.10 Å². The molecule has 2 amide bonds. The van der Waals surface area contributed by atoms with E-state index >= 15 is 0 Å². The van der Waals surface area contributed by atoms with E-state index in [1.165, 1.54) is 26.4 Å². The van der Waals surface area contributed by atoms with Gasteiger partial charge in [-0.25, -0.2) is 9.59 Å². The first-order chi connectivity index (χ1) is 9.88. The number of aliphatic carboxylic acids is 1. The number of carboxylic acids is 1. The van der Waals surface area contributed by atoms with Gasteiger partial charge in [-0.3, -0.25) is 0 Å². The van der Waals surface area contributed by atoms with Gasteiger partial charge >= 0.3 is 12.0 Å². The molecule has 0 aliphatic rings. The van der Waals surface area contributed by atoms with Crippen molar-refractivity contribution in [3.8, 4) is 11.5 Å². The third-order valence-corrected chi connectivity index (χ3v) is 2.76. The number of aliphatic hydroxyl groups excluding tert-OH is 1. The molecule has 0 aliphatic heterocycles. The Balaban J connectivity index is 2.77. The predicted octanol–water partition coefficient (Wildman–Crippen LogP) is 0.924. The van der Waals surface area contributed by atoms with Crippen molar-refractivity contribution >= 4 is 29.3 Å². The molecule has 1 aromatic carbocycles. The van der Waals surface area contributed by atoms with E-state index in [2.05, 4.69) is 10.6 Å². The molecule has 1 atom stereocenters. The standard InChI is InChI=1S/C12H15ClN2O6/c1-20-9-4-7(10(21-2)3-6(9)13)15-12(19)14-5-8(16)11(17)18/h3-4,8,16H,5H2,1-2H3,(H,17,18)(H2,14,15,19)/t8-/m0/s1. The number of halogens is 1. The molecule has 9 heteroatoms. The molecular weight excluding hydrogens is 304 g/mol. The maximum absolute atomic E-state index is 11.6. The van der Waals surface area contributed by atoms with Gasteiger partial charge in [0.1, 0.15) is 11.5 Å². The Labute approximate surface area is 125 Å². The van der Waals surface area contributed by atoms with E-state index in [1.807, 2.05) is 0 Å². The average molecular weight is 319 g/mol. The molecule has 4 N–H and O–H groups in total. The number of hydrogen-bond acceptors (Lipinski definition) is 5. The maximum atomic E-state index is 11.6. The molecule has 0 unspecified atom stereocenters. The Bertz CT molecular complexity index is 537. The minimum absolute atomic E-state index is 0.279. The Kier molecular flexibility index (Phi) is 6.07. The van der Waals surface area contributed by atoms with Crippen molar-refractivity contribution in [1.29, 1.82) is 0 Å². The third kappa shape index (κ3) is 4.69. The van der Waals surface area contributed by atoms with Crippen LogP contribution < -0.4 is 20.1 Å². The summed E-state index contributed by atoms with van der Waals surface area (Å²) < 4.78 is 10.1. The van der Waals surface area contributed by atoms with Gasteiger partial charge in [0.2, 0.25) is 0 Å². The molecule has 1 aromatic rings. The Morgan fingerprint density at radius 3 is 2.43 bits per heavy atom. The number of benzene rings is 1. The number of urea groups is 1. The highest BCUT2D eigenvalue weighted by molar-refractivity contribution is 6.32. The molecule has 0 saturated heterocycles. The molecule has 0 saturated carbocycles. The van der Waals surface area contributed by atoms with Gasteiger partial charge in [0.05, 0.1) is 31.5 Å². The van der Waals surface area contributed by atoms with Crippen molar-refractivity contribution in [3.63, 3.8) is 0 Å². The van der Waals surface area contributed by atoms with E-state index in [4.69, 9.17) is 31.3 Å². The Morgan fingerprint density at radius 2 is 1.90 bits per heavy atom. The van der Waals surface area contributed by atoms with Crippen molar-refractivity contribution in [2.24, 2.45) is 0 Å². The SMILES string of the molecule is COc1cc(NC(=O)NC[C@H](O)C(=O)O)c(OC)cc1Cl. The zero-order chi connectivity index (χ0) is 16.0. The zero-order valence-corrected chi connectivity index (χ0v) is 12.1. The molecule has 8 nitrogen and oxygen atoms in total. The van der Waals surface area contributed by atoms with Crippen LogP contribution in [0.3, 0.4) is 0 Å². The summed E-state index contributed by atoms with van der Waals surface area (Å²) in [5, 5.41) is 22.5. The van der Waals surface area contributed by atoms with Gasteiger partial charge in [0.15, 0.2) is 6.10 Å². The lowest BCUT2D eigenvalue weighted by molar-refractivity contribution is -0.146. The number of carbonyl (C=O) groups excluding carboxylic acids is 1. The van der Waals surface area contributed by atoms with Crippen LogP contribution in [0, 0.1) is 0 Å². The lowest BCUT2D eigenvalue weighted by atomic mass is 10.2. The topological polar surface area (TPSA) is 117 Å². The first-order valence-electron chi connectivity index (χ1n) is 5.76. The highest BCUT2D eigenvalue weighted by atomic mass is 35.5. The minimum atomic E-state index is -1.68. The number of aliphatic hydroxyl groups is 1. The monoisotopic (exact) mass is 318 g/mol. The fourth-order valence-corrected chi connectivity index (χ4v) is 1.63. The van der Waals surface area contributed by atoms with E-state index in [-0.39, 0.29) is 5.69 Å². The van der Waals surface area contributed by atoms with Crippen molar-refractivity contribution in [2.75, 3.05) is 26.1 Å². The van der Waals surface area contributed by atoms with E-state index < -0.39 is 24.6 Å². The maximum Gasteiger partial charge on any atom is 0.334 e. The summed E-state index contributed by atoms with van der Waals surface area (Å²) >= 11 is 5.92. The van der Waals surface area contributed by atoms with E-state index in [0.717, 1.165) is 0 Å². The molecule has 1 rings (SSSR count). The van der Waals surface area contributed by atoms with Crippen LogP contribution in [0.15, 0.2) is 12.1 Å². The molecule has 0 radical (unpaired) electrons. The number of carbonyl (C=O) groups is 2. The van der Waals surface area contributed by atoms with E-state index in [0.29, 0.717) is 16.5 Å². The van der Waals surface area contributed by atoms with Crippen LogP contribution in [0.4, 0.5) is 10.5 Å². The summed E-state index contributed by atoms with van der Waals surface area (Å²) in [6.45, 7) is -0.436. The first-order valence-corrected chi connectivity index (χ1v) is 6.14. The summed E-state index contributed by atoms with van der Waals surface area (Å²) in [4.78, 5) is 22.1. The second kappa shape index (κ2) is 7.55. The summed E-state index contributed by atoms with van der Waals surface area (Å²) in [6, 6.07) is 2.20. The highest BCUT2D eigenvalue weighted by Gasteiger charge is 2.16. The van der Waals surface area contributed by atoms with Crippen LogP contribution in [-0.2, 0) is 4.79 Å². The van der Waals surface area contributed by atoms with Gasteiger partial charge in [-0.2, -0.15) is 0 Å². The summed E-state index contributed by atoms with van der Waals surface area (Å²) in [5.41, 5.74) is 0.279. The third-order valence-electron chi connectivity index (χ3n) is 2.46. The number of ether oxygens (including phenoxy) is 2. The molecule has 0 spiro atoms. The lowest BCUT2D eigenvalue weighted by Gasteiger charge is -2.14. The number of methoxy groups -OCH3 is 2. The molecule has 0 aliphatic carbocycles. The van der Waals surface area contributed by atoms with Gasteiger partial charge in [-0.15, -0.1) is 0 Å². The number of nitrogens with one attached hydrogen (secondary N) is 2. The van der Waals surface area contributed by atoms with Crippen LogP contribution in [0.25, 0.3) is 0 Å². The number of amides is 2.